The lowest BCUT2D eigenvalue weighted by Crippen LogP contribution is -2.35. The molecule has 1 aromatic carbocycles. The summed E-state index contributed by atoms with van der Waals surface area (Å²) in [6.07, 6.45) is 3.59. The van der Waals surface area contributed by atoms with Gasteiger partial charge in [0, 0.05) is 37.9 Å². The quantitative estimate of drug-likeness (QED) is 0.846. The average molecular weight is 322 g/mol. The van der Waals surface area contributed by atoms with E-state index in [1.54, 1.807) is 0 Å². The predicted octanol–water partition coefficient (Wildman–Crippen LogP) is 3.58. The molecular weight excluding hydrogens is 296 g/mol. The number of rotatable bonds is 2. The topological polar surface area (TPSA) is 32.3 Å². The van der Waals surface area contributed by atoms with E-state index in [2.05, 4.69) is 54.0 Å². The molecular formula is C20H26N4. The fourth-order valence-corrected chi connectivity index (χ4v) is 3.74. The van der Waals surface area contributed by atoms with Crippen molar-refractivity contribution in [3.05, 3.63) is 47.2 Å². The Morgan fingerprint density at radius 3 is 2.50 bits per heavy atom. The van der Waals surface area contributed by atoms with Crippen LogP contribution in [0.3, 0.4) is 0 Å². The minimum Gasteiger partial charge on any atom is -0.356 e. The second-order valence-corrected chi connectivity index (χ2v) is 7.28. The summed E-state index contributed by atoms with van der Waals surface area (Å²) in [4.78, 5) is 14.4. The van der Waals surface area contributed by atoms with Crippen molar-refractivity contribution in [2.45, 2.75) is 39.7 Å². The van der Waals surface area contributed by atoms with E-state index in [0.29, 0.717) is 0 Å². The van der Waals surface area contributed by atoms with Crippen LogP contribution < -0.4 is 9.80 Å². The molecule has 1 saturated heterocycles. The first-order valence-electron chi connectivity index (χ1n) is 9.11. The van der Waals surface area contributed by atoms with Crippen LogP contribution in [0.25, 0.3) is 0 Å². The van der Waals surface area contributed by atoms with Crippen LogP contribution in [0.15, 0.2) is 30.3 Å². The van der Waals surface area contributed by atoms with Gasteiger partial charge >= 0.3 is 0 Å². The summed E-state index contributed by atoms with van der Waals surface area (Å²) in [7, 11) is 0. The zero-order valence-corrected chi connectivity index (χ0v) is 14.7. The fraction of sp³-hybridized carbons (Fsp3) is 0.500. The normalized spacial score (nSPS) is 18.6. The molecule has 1 fully saturated rings. The van der Waals surface area contributed by atoms with Gasteiger partial charge in [0.1, 0.15) is 5.82 Å². The summed E-state index contributed by atoms with van der Waals surface area (Å²) >= 11 is 0. The van der Waals surface area contributed by atoms with Crippen LogP contribution in [0.4, 0.5) is 11.8 Å². The van der Waals surface area contributed by atoms with Crippen LogP contribution in [0.5, 0.6) is 0 Å². The largest absolute Gasteiger partial charge is 0.356 e. The van der Waals surface area contributed by atoms with Gasteiger partial charge in [0.15, 0.2) is 0 Å². The highest BCUT2D eigenvalue weighted by molar-refractivity contribution is 5.48. The van der Waals surface area contributed by atoms with Gasteiger partial charge in [-0.3, -0.25) is 0 Å². The van der Waals surface area contributed by atoms with Gasteiger partial charge in [-0.05, 0) is 43.2 Å². The van der Waals surface area contributed by atoms with E-state index < -0.39 is 0 Å². The summed E-state index contributed by atoms with van der Waals surface area (Å²) in [6, 6.07) is 10.9. The van der Waals surface area contributed by atoms with Crippen molar-refractivity contribution in [3.8, 4) is 0 Å². The molecule has 3 heterocycles. The Hall–Kier alpha value is -2.10. The van der Waals surface area contributed by atoms with Gasteiger partial charge in [0.05, 0.1) is 0 Å². The van der Waals surface area contributed by atoms with Gasteiger partial charge in [0.2, 0.25) is 5.95 Å². The molecule has 1 aromatic heterocycles. The predicted molar refractivity (Wildman–Crippen MR) is 98.6 cm³/mol. The van der Waals surface area contributed by atoms with Crippen LogP contribution >= 0.6 is 0 Å². The van der Waals surface area contributed by atoms with Crippen molar-refractivity contribution in [1.29, 1.82) is 0 Å². The number of anilines is 2. The van der Waals surface area contributed by atoms with E-state index in [1.807, 2.05) is 0 Å². The van der Waals surface area contributed by atoms with Gasteiger partial charge in [0.25, 0.3) is 0 Å². The van der Waals surface area contributed by atoms with E-state index in [1.165, 1.54) is 24.0 Å². The Balaban J connectivity index is 1.58. The molecule has 4 rings (SSSR count). The lowest BCUT2D eigenvalue weighted by molar-refractivity contribution is 0.436. The number of aromatic nitrogens is 2. The third-order valence-electron chi connectivity index (χ3n) is 5.35. The van der Waals surface area contributed by atoms with E-state index in [4.69, 9.17) is 9.97 Å². The zero-order valence-electron chi connectivity index (χ0n) is 14.7. The van der Waals surface area contributed by atoms with E-state index in [0.717, 1.165) is 56.0 Å². The molecule has 0 unspecified atom stereocenters. The Morgan fingerprint density at radius 2 is 1.71 bits per heavy atom. The first-order valence-corrected chi connectivity index (χ1v) is 9.11. The minimum atomic E-state index is 0.835. The summed E-state index contributed by atoms with van der Waals surface area (Å²) in [5, 5.41) is 0. The average Bonchev–Trinajstić information content (AvgIpc) is 2.61. The first-order chi connectivity index (χ1) is 11.7. The van der Waals surface area contributed by atoms with Crippen molar-refractivity contribution < 1.29 is 0 Å². The number of fused-ring (bicyclic) bond motifs is 1. The fourth-order valence-electron chi connectivity index (χ4n) is 3.74. The molecule has 2 aliphatic rings. The van der Waals surface area contributed by atoms with Crippen molar-refractivity contribution >= 4 is 11.8 Å². The molecule has 0 radical (unpaired) electrons. The molecule has 0 bridgehead atoms. The van der Waals surface area contributed by atoms with Crippen molar-refractivity contribution in [3.63, 3.8) is 0 Å². The third-order valence-corrected chi connectivity index (χ3v) is 5.35. The van der Waals surface area contributed by atoms with Crippen LogP contribution in [0.2, 0.25) is 0 Å². The summed E-state index contributed by atoms with van der Waals surface area (Å²) in [5.74, 6) is 2.82. The number of aryl methyl sites for hydroxylation is 1. The number of nitrogens with zero attached hydrogens (tertiary/aromatic N) is 4. The third kappa shape index (κ3) is 3.10. The van der Waals surface area contributed by atoms with Crippen molar-refractivity contribution in [2.24, 2.45) is 5.92 Å². The maximum Gasteiger partial charge on any atom is 0.227 e. The zero-order chi connectivity index (χ0) is 16.5. The molecule has 0 spiro atoms. The van der Waals surface area contributed by atoms with Crippen molar-refractivity contribution in [2.75, 3.05) is 29.4 Å². The molecule has 0 aliphatic carbocycles. The van der Waals surface area contributed by atoms with E-state index in [9.17, 15) is 0 Å². The molecule has 0 atom stereocenters. The highest BCUT2D eigenvalue weighted by atomic mass is 15.3. The van der Waals surface area contributed by atoms with Gasteiger partial charge < -0.3 is 9.80 Å². The van der Waals surface area contributed by atoms with Gasteiger partial charge in [-0.25, -0.2) is 4.98 Å². The van der Waals surface area contributed by atoms with Crippen molar-refractivity contribution in [1.82, 2.24) is 9.97 Å². The van der Waals surface area contributed by atoms with Gasteiger partial charge in [-0.1, -0.05) is 31.2 Å². The maximum atomic E-state index is 4.92. The van der Waals surface area contributed by atoms with Gasteiger partial charge in [-0.2, -0.15) is 4.98 Å². The summed E-state index contributed by atoms with van der Waals surface area (Å²) in [5.41, 5.74) is 3.93. The molecule has 2 aliphatic heterocycles. The highest BCUT2D eigenvalue weighted by Gasteiger charge is 2.21. The smallest absolute Gasteiger partial charge is 0.227 e. The number of hydrogen-bond acceptors (Lipinski definition) is 4. The molecule has 0 amide bonds. The molecule has 126 valence electrons. The minimum absolute atomic E-state index is 0.835. The molecule has 2 aromatic rings. The second-order valence-electron chi connectivity index (χ2n) is 7.28. The Morgan fingerprint density at radius 1 is 0.958 bits per heavy atom. The van der Waals surface area contributed by atoms with Crippen LogP contribution in [-0.2, 0) is 13.0 Å². The first kappa shape index (κ1) is 15.4. The lowest BCUT2D eigenvalue weighted by Gasteiger charge is -2.33. The highest BCUT2D eigenvalue weighted by Crippen LogP contribution is 2.26. The molecule has 24 heavy (non-hydrogen) atoms. The lowest BCUT2D eigenvalue weighted by atomic mass is 9.99. The molecule has 0 N–H and O–H groups in total. The van der Waals surface area contributed by atoms with Crippen LogP contribution in [-0.4, -0.2) is 29.6 Å². The number of hydrogen-bond donors (Lipinski definition) is 0. The molecule has 4 heteroatoms. The summed E-state index contributed by atoms with van der Waals surface area (Å²) in [6.45, 7) is 8.56. The number of piperidine rings is 1. The van der Waals surface area contributed by atoms with Crippen LogP contribution in [0, 0.1) is 12.8 Å². The SMILES string of the molecule is Cc1cc(N2CCC(C)CC2)nc(N2CCc3ccccc3C2)n1. The Labute approximate surface area is 144 Å². The number of benzene rings is 1. The standard InChI is InChI=1S/C20H26N4/c1-15-7-10-23(11-8-15)19-13-16(2)21-20(22-19)24-12-9-17-5-3-4-6-18(17)14-24/h3-6,13,15H,7-12,14H2,1-2H3. The maximum absolute atomic E-state index is 4.92. The summed E-state index contributed by atoms with van der Waals surface area (Å²) < 4.78 is 0. The molecule has 0 saturated carbocycles. The monoisotopic (exact) mass is 322 g/mol. The Kier molecular flexibility index (Phi) is 4.13. The van der Waals surface area contributed by atoms with E-state index >= 15 is 0 Å². The Bertz CT molecular complexity index is 719. The van der Waals surface area contributed by atoms with E-state index in [-0.39, 0.29) is 0 Å². The van der Waals surface area contributed by atoms with Crippen LogP contribution in [0.1, 0.15) is 36.6 Å². The molecule has 4 nitrogen and oxygen atoms in total. The van der Waals surface area contributed by atoms with Gasteiger partial charge in [-0.15, -0.1) is 0 Å². The second kappa shape index (κ2) is 6.42.